The molecule has 268 valence electrons. The van der Waals surface area contributed by atoms with Gasteiger partial charge in [-0.3, -0.25) is 4.48 Å². The number of aromatic nitrogens is 2. The van der Waals surface area contributed by atoms with Crippen LogP contribution in [0.15, 0.2) is 6.08 Å². The molecule has 1 N–H and O–H groups in total. The highest BCUT2D eigenvalue weighted by Crippen LogP contribution is 2.30. The van der Waals surface area contributed by atoms with Gasteiger partial charge in [-0.05, 0) is 12.8 Å². The highest BCUT2D eigenvalue weighted by atomic mass is 32.1. The van der Waals surface area contributed by atoms with E-state index in [9.17, 15) is 4.79 Å². The molecular weight excluding hydrogens is 598 g/mol. The molecular formula is C37H70N3O5S+. The maximum atomic E-state index is 12.3. The van der Waals surface area contributed by atoms with E-state index in [0.29, 0.717) is 30.3 Å². The number of carbonyl (C=O) groups excluding carboxylic acids is 1. The number of aliphatic hydroxyl groups is 1. The van der Waals surface area contributed by atoms with Crippen LogP contribution in [0.5, 0.6) is 5.88 Å². The van der Waals surface area contributed by atoms with Crippen LogP contribution in [0.4, 0.5) is 4.79 Å². The van der Waals surface area contributed by atoms with Gasteiger partial charge in [-0.15, -0.1) is 4.37 Å². The van der Waals surface area contributed by atoms with E-state index in [1.54, 1.807) is 0 Å². The number of carbonyl (C=O) groups is 1. The molecule has 0 aromatic carbocycles. The van der Waals surface area contributed by atoms with E-state index in [-0.39, 0.29) is 0 Å². The Bertz CT molecular complexity index is 881. The predicted octanol–water partition coefficient (Wildman–Crippen LogP) is 10.5. The molecule has 0 bridgehead atoms. The van der Waals surface area contributed by atoms with Crippen LogP contribution in [0.25, 0.3) is 5.57 Å². The Morgan fingerprint density at radius 2 is 1.20 bits per heavy atom. The van der Waals surface area contributed by atoms with Crippen LogP contribution >= 0.6 is 11.7 Å². The quantitative estimate of drug-likeness (QED) is 0.0540. The second-order valence-electron chi connectivity index (χ2n) is 13.2. The molecule has 0 spiro atoms. The third-order valence-electron chi connectivity index (χ3n) is 8.82. The molecule has 1 aromatic heterocycles. The first-order valence-electron chi connectivity index (χ1n) is 18.8. The minimum Gasteiger partial charge on any atom is -0.475 e. The summed E-state index contributed by atoms with van der Waals surface area (Å²) in [5.74, 6) is 0.635. The average molecular weight is 669 g/mol. The van der Waals surface area contributed by atoms with Gasteiger partial charge in [0.05, 0.1) is 38.5 Å². The Balaban J connectivity index is 0.00000518. The predicted molar refractivity (Wildman–Crippen MR) is 192 cm³/mol. The van der Waals surface area contributed by atoms with Crippen LogP contribution in [-0.4, -0.2) is 71.7 Å². The molecule has 0 aliphatic carbocycles. The molecule has 0 saturated carbocycles. The van der Waals surface area contributed by atoms with E-state index in [0.717, 1.165) is 57.1 Å². The van der Waals surface area contributed by atoms with Crippen LogP contribution in [0.3, 0.4) is 0 Å². The van der Waals surface area contributed by atoms with Gasteiger partial charge in [0.25, 0.3) is 5.88 Å². The van der Waals surface area contributed by atoms with E-state index in [4.69, 9.17) is 19.3 Å². The molecule has 2 rings (SSSR count). The van der Waals surface area contributed by atoms with Gasteiger partial charge in [0, 0.05) is 19.1 Å². The maximum absolute atomic E-state index is 12.3. The molecule has 8 nitrogen and oxygen atoms in total. The molecule has 0 saturated heterocycles. The smallest absolute Gasteiger partial charge is 0.475 e. The number of nitrogens with zero attached hydrogens (tertiary/aromatic N) is 3. The highest BCUT2D eigenvalue weighted by molar-refractivity contribution is 6.99. The van der Waals surface area contributed by atoms with Crippen LogP contribution in [0.2, 0.25) is 0 Å². The van der Waals surface area contributed by atoms with E-state index in [1.807, 2.05) is 0 Å². The SMILES string of the molecule is CCCCCCCCCCCCCCCCCCCCOC(=O)OC[N+]1(C)CCC=C(c2nsnc2OCCCCCC)C1.CO. The molecule has 46 heavy (non-hydrogen) atoms. The van der Waals surface area contributed by atoms with Crippen LogP contribution in [-0.2, 0) is 9.47 Å². The van der Waals surface area contributed by atoms with Gasteiger partial charge in [0.2, 0.25) is 6.73 Å². The summed E-state index contributed by atoms with van der Waals surface area (Å²) in [7, 11) is 3.11. The lowest BCUT2D eigenvalue weighted by Crippen LogP contribution is -2.49. The Hall–Kier alpha value is -1.71. The number of unbranched alkanes of at least 4 members (excludes halogenated alkanes) is 20. The normalized spacial score (nSPS) is 16.0. The zero-order valence-corrected chi connectivity index (χ0v) is 31.0. The highest BCUT2D eigenvalue weighted by Gasteiger charge is 2.31. The Morgan fingerprint density at radius 3 is 1.74 bits per heavy atom. The fourth-order valence-electron chi connectivity index (χ4n) is 5.97. The van der Waals surface area contributed by atoms with Crippen molar-refractivity contribution in [2.75, 3.05) is 47.2 Å². The molecule has 1 aliphatic heterocycles. The van der Waals surface area contributed by atoms with Gasteiger partial charge in [-0.1, -0.05) is 148 Å². The van der Waals surface area contributed by atoms with Gasteiger partial charge < -0.3 is 19.3 Å². The molecule has 9 heteroatoms. The maximum Gasteiger partial charge on any atom is 0.512 e. The summed E-state index contributed by atoms with van der Waals surface area (Å²) in [5, 5.41) is 7.00. The fourth-order valence-corrected chi connectivity index (χ4v) is 6.50. The third-order valence-corrected chi connectivity index (χ3v) is 9.33. The van der Waals surface area contributed by atoms with Crippen molar-refractivity contribution in [1.29, 1.82) is 0 Å². The van der Waals surface area contributed by atoms with Gasteiger partial charge in [0.1, 0.15) is 12.2 Å². The molecule has 2 heterocycles. The van der Waals surface area contributed by atoms with E-state index in [1.165, 1.54) is 134 Å². The lowest BCUT2D eigenvalue weighted by molar-refractivity contribution is -0.919. The molecule has 0 radical (unpaired) electrons. The van der Waals surface area contributed by atoms with Gasteiger partial charge >= 0.3 is 6.16 Å². The molecule has 1 atom stereocenters. The van der Waals surface area contributed by atoms with Crippen molar-refractivity contribution in [2.45, 2.75) is 162 Å². The molecule has 1 aromatic rings. The van der Waals surface area contributed by atoms with Gasteiger partial charge in [0.15, 0.2) is 0 Å². The molecule has 0 fully saturated rings. The molecule has 1 unspecified atom stereocenters. The zero-order chi connectivity index (χ0) is 33.6. The standard InChI is InChI=1S/C36H66N3O4S.CH4O/c1-4-6-8-10-11-12-13-14-15-16-17-18-19-20-21-22-23-25-30-42-36(40)43-32-39(3)28-26-27-33(31-39)34-35(38-44-37-34)41-29-24-9-7-5-2;1-2/h27H,4-26,28-32H2,1-3H3;2H,1H3/q+1;. The largest absolute Gasteiger partial charge is 0.512 e. The van der Waals surface area contributed by atoms with Crippen molar-refractivity contribution in [3.8, 4) is 5.88 Å². The Labute approximate surface area is 286 Å². The number of hydrogen-bond donors (Lipinski definition) is 1. The number of rotatable bonds is 28. The second-order valence-corrected chi connectivity index (χ2v) is 13.8. The van der Waals surface area contributed by atoms with E-state index in [2.05, 4.69) is 35.7 Å². The summed E-state index contributed by atoms with van der Waals surface area (Å²) in [6.07, 6.45) is 31.4. The first-order chi connectivity index (χ1) is 22.6. The van der Waals surface area contributed by atoms with Crippen molar-refractivity contribution in [2.24, 2.45) is 0 Å². The monoisotopic (exact) mass is 669 g/mol. The number of aliphatic hydroxyl groups excluding tert-OH is 1. The minimum atomic E-state index is -0.557. The summed E-state index contributed by atoms with van der Waals surface area (Å²) in [4.78, 5) is 12.3. The lowest BCUT2D eigenvalue weighted by Gasteiger charge is -2.36. The van der Waals surface area contributed by atoms with E-state index >= 15 is 0 Å². The summed E-state index contributed by atoms with van der Waals surface area (Å²) in [6.45, 7) is 7.53. The summed E-state index contributed by atoms with van der Waals surface area (Å²) >= 11 is 1.19. The van der Waals surface area contributed by atoms with Crippen molar-refractivity contribution < 1.29 is 28.6 Å². The summed E-state index contributed by atoms with van der Waals surface area (Å²) in [6, 6.07) is 0. The second kappa shape index (κ2) is 29.4. The average Bonchev–Trinajstić information content (AvgIpc) is 3.54. The third kappa shape index (κ3) is 21.2. The lowest BCUT2D eigenvalue weighted by atomic mass is 10.0. The summed E-state index contributed by atoms with van der Waals surface area (Å²) < 4.78 is 26.4. The van der Waals surface area contributed by atoms with Crippen molar-refractivity contribution in [3.63, 3.8) is 0 Å². The Kier molecular flexibility index (Phi) is 27.1. The van der Waals surface area contributed by atoms with Gasteiger partial charge in [-0.2, -0.15) is 4.37 Å². The van der Waals surface area contributed by atoms with Gasteiger partial charge in [-0.25, -0.2) is 4.79 Å². The first kappa shape index (κ1) is 42.3. The number of ether oxygens (including phenoxy) is 3. The fraction of sp³-hybridized carbons (Fsp3) is 0.865. The molecule has 1 aliphatic rings. The summed E-state index contributed by atoms with van der Waals surface area (Å²) in [5.41, 5.74) is 1.96. The minimum absolute atomic E-state index is 0.292. The van der Waals surface area contributed by atoms with Crippen LogP contribution < -0.4 is 4.74 Å². The van der Waals surface area contributed by atoms with Crippen molar-refractivity contribution >= 4 is 23.5 Å². The molecule has 0 amide bonds. The Morgan fingerprint density at radius 1 is 0.717 bits per heavy atom. The van der Waals surface area contributed by atoms with Crippen molar-refractivity contribution in [3.05, 3.63) is 11.8 Å². The van der Waals surface area contributed by atoms with Crippen molar-refractivity contribution in [1.82, 2.24) is 8.75 Å². The number of likely N-dealkylation sites (N-methyl/N-ethyl adjacent to an activating group) is 1. The first-order valence-corrected chi connectivity index (χ1v) is 19.5. The topological polar surface area (TPSA) is 90.8 Å². The zero-order valence-electron chi connectivity index (χ0n) is 30.2. The number of quaternary nitrogens is 1. The van der Waals surface area contributed by atoms with Crippen LogP contribution in [0, 0.1) is 0 Å². The van der Waals surface area contributed by atoms with E-state index < -0.39 is 6.16 Å². The number of hydrogen-bond acceptors (Lipinski definition) is 8. The van der Waals surface area contributed by atoms with Crippen LogP contribution in [0.1, 0.15) is 167 Å².